The fourth-order valence-electron chi connectivity index (χ4n) is 3.86. The third kappa shape index (κ3) is 4.65. The zero-order valence-electron chi connectivity index (χ0n) is 16.9. The predicted molar refractivity (Wildman–Crippen MR) is 111 cm³/mol. The number of hydrogen-bond donors (Lipinski definition) is 0. The first-order chi connectivity index (χ1) is 14.6. The second-order valence-corrected chi connectivity index (χ2v) is 8.61. The molecule has 1 saturated carbocycles. The number of amides is 2. The maximum atomic E-state index is 13.5. The van der Waals surface area contributed by atoms with E-state index in [9.17, 15) is 14.0 Å². The van der Waals surface area contributed by atoms with Gasteiger partial charge in [0.15, 0.2) is 0 Å². The molecule has 0 unspecified atom stereocenters. The first-order valence-electron chi connectivity index (χ1n) is 10.1. The van der Waals surface area contributed by atoms with E-state index in [-0.39, 0.29) is 49.5 Å². The quantitative estimate of drug-likeness (QED) is 0.644. The number of ether oxygens (including phenoxy) is 2. The fourth-order valence-corrected chi connectivity index (χ4v) is 4.78. The zero-order valence-corrected chi connectivity index (χ0v) is 17.7. The molecule has 160 valence electrons. The maximum Gasteiger partial charge on any atom is 0.249 e. The molecule has 0 saturated heterocycles. The Kier molecular flexibility index (Phi) is 6.34. The summed E-state index contributed by atoms with van der Waals surface area (Å²) in [5.74, 6) is -0.193. The molecule has 0 spiro atoms. The summed E-state index contributed by atoms with van der Waals surface area (Å²) < 4.78 is 24.3. The maximum absolute atomic E-state index is 13.5. The molecule has 6 nitrogen and oxygen atoms in total. The van der Waals surface area contributed by atoms with Crippen molar-refractivity contribution >= 4 is 23.2 Å². The van der Waals surface area contributed by atoms with Crippen LogP contribution in [0.5, 0.6) is 5.75 Å². The Hall–Kier alpha value is -2.45. The number of halogens is 1. The lowest BCUT2D eigenvalue weighted by Crippen LogP contribution is -2.49. The van der Waals surface area contributed by atoms with Gasteiger partial charge in [-0.2, -0.15) is 0 Å². The fraction of sp³-hybridized carbons (Fsp3) is 0.455. The van der Waals surface area contributed by atoms with Crippen LogP contribution in [0.4, 0.5) is 4.39 Å². The highest BCUT2D eigenvalue weighted by atomic mass is 32.1. The number of hydrogen-bond acceptors (Lipinski definition) is 5. The van der Waals surface area contributed by atoms with Gasteiger partial charge in [-0.1, -0.05) is 6.07 Å². The number of nitrogens with zero attached hydrogens (tertiary/aromatic N) is 2. The highest BCUT2D eigenvalue weighted by molar-refractivity contribution is 7.10. The molecule has 2 heterocycles. The summed E-state index contributed by atoms with van der Waals surface area (Å²) in [5, 5.41) is 2.02. The van der Waals surface area contributed by atoms with E-state index in [0.29, 0.717) is 12.3 Å². The van der Waals surface area contributed by atoms with Crippen LogP contribution in [0.2, 0.25) is 0 Å². The molecule has 1 aromatic carbocycles. The van der Waals surface area contributed by atoms with Crippen molar-refractivity contribution < 1.29 is 23.5 Å². The zero-order chi connectivity index (χ0) is 21.1. The molecular weight excluding hydrogens is 407 g/mol. The Morgan fingerprint density at radius 2 is 2.13 bits per heavy atom. The third-order valence-electron chi connectivity index (χ3n) is 5.50. The van der Waals surface area contributed by atoms with Crippen molar-refractivity contribution in [2.24, 2.45) is 0 Å². The van der Waals surface area contributed by atoms with E-state index in [1.165, 1.54) is 24.1 Å². The van der Waals surface area contributed by atoms with E-state index >= 15 is 0 Å². The lowest BCUT2D eigenvalue weighted by molar-refractivity contribution is -0.145. The van der Waals surface area contributed by atoms with Crippen molar-refractivity contribution in [3.8, 4) is 5.75 Å². The average Bonchev–Trinajstić information content (AvgIpc) is 3.46. The Morgan fingerprint density at radius 3 is 2.87 bits per heavy atom. The molecular formula is C22H25FN2O4S. The van der Waals surface area contributed by atoms with Crippen LogP contribution in [0, 0.1) is 5.82 Å². The molecule has 1 atom stereocenters. The number of carbonyl (C=O) groups excluding carboxylic acids is 2. The van der Waals surface area contributed by atoms with Crippen molar-refractivity contribution in [2.75, 3.05) is 33.4 Å². The van der Waals surface area contributed by atoms with Gasteiger partial charge in [0.2, 0.25) is 11.8 Å². The first kappa shape index (κ1) is 20.8. The van der Waals surface area contributed by atoms with Gasteiger partial charge < -0.3 is 19.3 Å². The van der Waals surface area contributed by atoms with Crippen molar-refractivity contribution in [1.82, 2.24) is 9.80 Å². The number of rotatable bonds is 8. The Balaban J connectivity index is 1.50. The van der Waals surface area contributed by atoms with Gasteiger partial charge >= 0.3 is 0 Å². The van der Waals surface area contributed by atoms with E-state index in [2.05, 4.69) is 0 Å². The van der Waals surface area contributed by atoms with Crippen molar-refractivity contribution in [1.29, 1.82) is 0 Å². The van der Waals surface area contributed by atoms with Crippen LogP contribution in [0.3, 0.4) is 0 Å². The molecule has 1 aliphatic heterocycles. The minimum Gasteiger partial charge on any atom is -0.491 e. The largest absolute Gasteiger partial charge is 0.491 e. The second-order valence-electron chi connectivity index (χ2n) is 7.61. The summed E-state index contributed by atoms with van der Waals surface area (Å²) in [6.07, 6.45) is 2.62. The molecule has 4 rings (SSSR count). The van der Waals surface area contributed by atoms with Gasteiger partial charge in [0.05, 0.1) is 6.04 Å². The number of fused-ring (bicyclic) bond motifs is 1. The average molecular weight is 433 g/mol. The van der Waals surface area contributed by atoms with Crippen molar-refractivity contribution in [3.05, 3.63) is 52.0 Å². The normalized spacial score (nSPS) is 18.1. The minimum absolute atomic E-state index is 0.0232. The summed E-state index contributed by atoms with van der Waals surface area (Å²) >= 11 is 1.67. The summed E-state index contributed by atoms with van der Waals surface area (Å²) in [6.45, 7) is 0.822. The van der Waals surface area contributed by atoms with Gasteiger partial charge in [-0.3, -0.25) is 9.59 Å². The molecule has 1 aliphatic carbocycles. The number of methoxy groups -OCH3 is 1. The van der Waals surface area contributed by atoms with Crippen LogP contribution >= 0.6 is 11.3 Å². The molecule has 30 heavy (non-hydrogen) atoms. The SMILES string of the molecule is COCC(=O)N(CC(=O)N1CCc2sccc2[C@H]1COc1cccc(F)c1)C1CC1. The minimum atomic E-state index is -0.364. The highest BCUT2D eigenvalue weighted by Gasteiger charge is 2.37. The van der Waals surface area contributed by atoms with Gasteiger partial charge in [0, 0.05) is 30.6 Å². The van der Waals surface area contributed by atoms with Crippen LogP contribution in [0.1, 0.15) is 29.3 Å². The topological polar surface area (TPSA) is 59.1 Å². The van der Waals surface area contributed by atoms with Crippen LogP contribution < -0.4 is 4.74 Å². The summed E-state index contributed by atoms with van der Waals surface area (Å²) in [6, 6.07) is 7.87. The number of benzene rings is 1. The van der Waals surface area contributed by atoms with Gasteiger partial charge in [-0.05, 0) is 48.4 Å². The van der Waals surface area contributed by atoms with E-state index in [4.69, 9.17) is 9.47 Å². The number of thiophene rings is 1. The third-order valence-corrected chi connectivity index (χ3v) is 6.50. The van der Waals surface area contributed by atoms with Crippen molar-refractivity contribution in [3.63, 3.8) is 0 Å². The van der Waals surface area contributed by atoms with E-state index < -0.39 is 0 Å². The van der Waals surface area contributed by atoms with Gasteiger partial charge in [0.1, 0.15) is 31.3 Å². The summed E-state index contributed by atoms with van der Waals surface area (Å²) in [5.41, 5.74) is 1.07. The van der Waals surface area contributed by atoms with Gasteiger partial charge in [0.25, 0.3) is 0 Å². The van der Waals surface area contributed by atoms with Crippen LogP contribution in [-0.2, 0) is 20.7 Å². The molecule has 2 aliphatic rings. The monoisotopic (exact) mass is 432 g/mol. The van der Waals surface area contributed by atoms with E-state index in [0.717, 1.165) is 24.8 Å². The second kappa shape index (κ2) is 9.14. The molecule has 0 N–H and O–H groups in total. The van der Waals surface area contributed by atoms with E-state index in [1.54, 1.807) is 33.3 Å². The molecule has 2 aromatic rings. The van der Waals surface area contributed by atoms with Crippen LogP contribution in [-0.4, -0.2) is 61.1 Å². The first-order valence-corrected chi connectivity index (χ1v) is 11.0. The highest BCUT2D eigenvalue weighted by Crippen LogP contribution is 2.34. The number of carbonyl (C=O) groups is 2. The predicted octanol–water partition coefficient (Wildman–Crippen LogP) is 3.03. The lowest BCUT2D eigenvalue weighted by Gasteiger charge is -2.37. The molecule has 0 radical (unpaired) electrons. The molecule has 8 heteroatoms. The molecule has 1 aromatic heterocycles. The van der Waals surface area contributed by atoms with Crippen LogP contribution in [0.25, 0.3) is 0 Å². The molecule has 0 bridgehead atoms. The molecule has 2 amide bonds. The van der Waals surface area contributed by atoms with Gasteiger partial charge in [-0.25, -0.2) is 4.39 Å². The smallest absolute Gasteiger partial charge is 0.249 e. The summed E-state index contributed by atoms with van der Waals surface area (Å²) in [7, 11) is 1.48. The van der Waals surface area contributed by atoms with Gasteiger partial charge in [-0.15, -0.1) is 11.3 Å². The lowest BCUT2D eigenvalue weighted by atomic mass is 10.0. The van der Waals surface area contributed by atoms with Crippen LogP contribution in [0.15, 0.2) is 35.7 Å². The molecule has 1 fully saturated rings. The van der Waals surface area contributed by atoms with Crippen molar-refractivity contribution in [2.45, 2.75) is 31.3 Å². The standard InChI is InChI=1S/C22H25FN2O4S/c1-28-14-22(27)25(16-5-6-16)12-21(26)24-9-7-20-18(8-10-30-20)19(24)13-29-17-4-2-3-15(23)11-17/h2-4,8,10-11,16,19H,5-7,9,12-14H2,1H3/t19-/m1/s1. The Labute approximate surface area is 179 Å². The Bertz CT molecular complexity index is 914. The van der Waals surface area contributed by atoms with E-state index in [1.807, 2.05) is 11.4 Å². The Morgan fingerprint density at radius 1 is 1.30 bits per heavy atom. The summed E-state index contributed by atoms with van der Waals surface area (Å²) in [4.78, 5) is 30.3.